The predicted molar refractivity (Wildman–Crippen MR) is 304 cm³/mol. The maximum Gasteiger partial charge on any atom is 0.143 e. The van der Waals surface area contributed by atoms with Crippen LogP contribution in [0.25, 0.3) is 99.5 Å². The zero-order valence-electron chi connectivity index (χ0n) is 42.2. The van der Waals surface area contributed by atoms with Crippen LogP contribution in [0, 0.1) is 6.92 Å². The average Bonchev–Trinajstić information content (AvgIpc) is 4.15. The molecule has 0 bridgehead atoms. The number of nitrogens with zero attached hydrogens (tertiary/aromatic N) is 1. The van der Waals surface area contributed by atoms with E-state index in [1.165, 1.54) is 105 Å². The second-order valence-corrected chi connectivity index (χ2v) is 22.5. The van der Waals surface area contributed by atoms with E-state index in [4.69, 9.17) is 8.83 Å². The molecule has 10 aromatic carbocycles. The van der Waals surface area contributed by atoms with Gasteiger partial charge in [-0.1, -0.05) is 168 Å². The Kier molecular flexibility index (Phi) is 8.47. The third-order valence-electron chi connectivity index (χ3n) is 17.3. The van der Waals surface area contributed by atoms with Gasteiger partial charge in [-0.25, -0.2) is 0 Å². The van der Waals surface area contributed by atoms with Crippen molar-refractivity contribution in [1.82, 2.24) is 0 Å². The summed E-state index contributed by atoms with van der Waals surface area (Å²) in [5, 5.41) is 4.73. The average molecular weight is 940 g/mol. The van der Waals surface area contributed by atoms with Crippen LogP contribution in [-0.2, 0) is 16.2 Å². The van der Waals surface area contributed by atoms with Crippen molar-refractivity contribution in [3.05, 3.63) is 233 Å². The van der Waals surface area contributed by atoms with Gasteiger partial charge in [0.2, 0.25) is 0 Å². The van der Waals surface area contributed by atoms with E-state index in [1.54, 1.807) is 0 Å². The molecule has 0 amide bonds. The molecule has 0 unspecified atom stereocenters. The summed E-state index contributed by atoms with van der Waals surface area (Å²) in [6.45, 7) is 16.6. The molecule has 3 aliphatic carbocycles. The highest BCUT2D eigenvalue weighted by molar-refractivity contribution is 6.20. The summed E-state index contributed by atoms with van der Waals surface area (Å²) in [7, 11) is 0. The fourth-order valence-corrected chi connectivity index (χ4v) is 13.5. The third kappa shape index (κ3) is 5.71. The Morgan fingerprint density at radius 2 is 0.849 bits per heavy atom. The summed E-state index contributed by atoms with van der Waals surface area (Å²) in [6.07, 6.45) is 0. The zero-order valence-corrected chi connectivity index (χ0v) is 42.2. The summed E-state index contributed by atoms with van der Waals surface area (Å²) in [5.41, 5.74) is 28.2. The molecule has 2 heterocycles. The van der Waals surface area contributed by atoms with Crippen LogP contribution in [-0.4, -0.2) is 0 Å². The van der Waals surface area contributed by atoms with E-state index >= 15 is 0 Å². The van der Waals surface area contributed by atoms with Gasteiger partial charge >= 0.3 is 0 Å². The number of furan rings is 2. The molecule has 0 saturated carbocycles. The molecule has 0 atom stereocenters. The van der Waals surface area contributed by atoms with Crippen LogP contribution in [0.4, 0.5) is 17.1 Å². The summed E-state index contributed by atoms with van der Waals surface area (Å²) < 4.78 is 13.4. The Balaban J connectivity index is 0.889. The first-order valence-electron chi connectivity index (χ1n) is 25.8. The van der Waals surface area contributed by atoms with E-state index in [0.29, 0.717) is 0 Å². The number of hydrogen-bond donors (Lipinski definition) is 0. The van der Waals surface area contributed by atoms with Gasteiger partial charge in [0.05, 0.1) is 0 Å². The molecule has 3 heteroatoms. The van der Waals surface area contributed by atoms with Crippen molar-refractivity contribution in [2.45, 2.75) is 64.7 Å². The molecule has 0 aliphatic heterocycles. The fraction of sp³-hybridized carbons (Fsp3) is 0.143. The van der Waals surface area contributed by atoms with Gasteiger partial charge in [0.15, 0.2) is 0 Å². The minimum atomic E-state index is -0.328. The van der Waals surface area contributed by atoms with Gasteiger partial charge in [-0.2, -0.15) is 0 Å². The number of rotatable bonds is 5. The van der Waals surface area contributed by atoms with E-state index in [1.807, 2.05) is 0 Å². The summed E-state index contributed by atoms with van der Waals surface area (Å²) >= 11 is 0. The van der Waals surface area contributed by atoms with Crippen molar-refractivity contribution in [2.24, 2.45) is 0 Å². The zero-order chi connectivity index (χ0) is 49.3. The Morgan fingerprint density at radius 1 is 0.329 bits per heavy atom. The number of anilines is 3. The molecule has 0 radical (unpaired) electrons. The number of fused-ring (bicyclic) bond motifs is 17. The molecular weight excluding hydrogens is 887 g/mol. The monoisotopic (exact) mass is 939 g/mol. The van der Waals surface area contributed by atoms with Crippen molar-refractivity contribution in [1.29, 1.82) is 0 Å². The Labute approximate surface area is 426 Å². The van der Waals surface area contributed by atoms with E-state index in [-0.39, 0.29) is 16.2 Å². The highest BCUT2D eigenvalue weighted by Crippen LogP contribution is 2.60. The highest BCUT2D eigenvalue weighted by atomic mass is 16.3. The predicted octanol–water partition coefficient (Wildman–Crippen LogP) is 19.5. The SMILES string of the molecule is Cc1ccc(N(c2ccc3c(c2)C(C)(C)c2cc4c(cc2-3)C(C)(C)c2ccc3oc5ccccc5c3c2-4)c2ccc3c(c2)C(C)(C)c2cc(-c4ccccc4-c4ccccc4)c4oc5ccccc5c4c2-3)cc1. The van der Waals surface area contributed by atoms with Crippen LogP contribution in [0.1, 0.15) is 80.5 Å². The van der Waals surface area contributed by atoms with Gasteiger partial charge in [-0.05, 0) is 163 Å². The van der Waals surface area contributed by atoms with Crippen molar-refractivity contribution in [2.75, 3.05) is 4.90 Å². The maximum absolute atomic E-state index is 6.97. The first-order chi connectivity index (χ1) is 35.4. The van der Waals surface area contributed by atoms with Crippen LogP contribution >= 0.6 is 0 Å². The maximum atomic E-state index is 6.97. The molecule has 350 valence electrons. The molecule has 12 aromatic rings. The highest BCUT2D eigenvalue weighted by Gasteiger charge is 2.44. The molecule has 3 aliphatic rings. The first kappa shape index (κ1) is 42.3. The lowest BCUT2D eigenvalue weighted by atomic mass is 9.79. The lowest BCUT2D eigenvalue weighted by Gasteiger charge is -2.30. The number of para-hydroxylation sites is 2. The van der Waals surface area contributed by atoms with E-state index in [2.05, 4.69) is 247 Å². The minimum Gasteiger partial charge on any atom is -0.456 e. The molecule has 3 nitrogen and oxygen atoms in total. The van der Waals surface area contributed by atoms with Crippen molar-refractivity contribution < 1.29 is 8.83 Å². The Morgan fingerprint density at radius 3 is 1.59 bits per heavy atom. The third-order valence-corrected chi connectivity index (χ3v) is 17.3. The van der Waals surface area contributed by atoms with Crippen LogP contribution in [0.5, 0.6) is 0 Å². The molecule has 73 heavy (non-hydrogen) atoms. The van der Waals surface area contributed by atoms with Crippen LogP contribution in [0.15, 0.2) is 203 Å². The molecule has 0 saturated heterocycles. The Hall–Kier alpha value is -8.40. The van der Waals surface area contributed by atoms with Gasteiger partial charge < -0.3 is 13.7 Å². The second-order valence-electron chi connectivity index (χ2n) is 22.5. The van der Waals surface area contributed by atoms with Gasteiger partial charge in [0.1, 0.15) is 22.3 Å². The van der Waals surface area contributed by atoms with Crippen molar-refractivity contribution in [3.8, 4) is 55.6 Å². The quantitative estimate of drug-likeness (QED) is 0.172. The van der Waals surface area contributed by atoms with Gasteiger partial charge in [-0.15, -0.1) is 0 Å². The lowest BCUT2D eigenvalue weighted by Crippen LogP contribution is -2.18. The number of aryl methyl sites for hydroxylation is 1. The van der Waals surface area contributed by atoms with E-state index in [0.717, 1.165) is 50.3 Å². The summed E-state index contributed by atoms with van der Waals surface area (Å²) in [6, 6.07) is 72.0. The van der Waals surface area contributed by atoms with Crippen LogP contribution < -0.4 is 4.90 Å². The van der Waals surface area contributed by atoms with Gasteiger partial charge in [0.25, 0.3) is 0 Å². The van der Waals surface area contributed by atoms with Crippen molar-refractivity contribution in [3.63, 3.8) is 0 Å². The Bertz CT molecular complexity index is 4350. The van der Waals surface area contributed by atoms with E-state index < -0.39 is 0 Å². The van der Waals surface area contributed by atoms with E-state index in [9.17, 15) is 0 Å². The smallest absolute Gasteiger partial charge is 0.143 e. The summed E-state index contributed by atoms with van der Waals surface area (Å²) in [5.74, 6) is 0. The molecular formula is C70H53NO2. The minimum absolute atomic E-state index is 0.174. The topological polar surface area (TPSA) is 29.5 Å². The molecule has 15 rings (SSSR count). The molecule has 2 aromatic heterocycles. The summed E-state index contributed by atoms with van der Waals surface area (Å²) in [4.78, 5) is 2.47. The van der Waals surface area contributed by atoms with Gasteiger partial charge in [0, 0.05) is 60.4 Å². The largest absolute Gasteiger partial charge is 0.456 e. The van der Waals surface area contributed by atoms with Crippen molar-refractivity contribution >= 4 is 60.9 Å². The first-order valence-corrected chi connectivity index (χ1v) is 25.8. The fourth-order valence-electron chi connectivity index (χ4n) is 13.5. The molecule has 0 spiro atoms. The second kappa shape index (κ2) is 14.6. The van der Waals surface area contributed by atoms with Crippen LogP contribution in [0.2, 0.25) is 0 Å². The lowest BCUT2D eigenvalue weighted by molar-refractivity contribution is 0.651. The van der Waals surface area contributed by atoms with Gasteiger partial charge in [-0.3, -0.25) is 0 Å². The standard InChI is InChI=1S/C70H53NO2/c1-40-25-27-42(28-26-40)71(43-29-31-47-51-37-58-53(39-57(51)69(4,5)55(47)35-43)64-54(68(58,2)3)33-34-62-65(64)49-21-13-15-23-60(49)72-62)44-30-32-48-56(36-44)70(6,7)59-38-52(46-20-12-11-19-45(46)41-17-9-8-10-18-41)67-66(63(48)59)50-22-14-16-24-61(50)73-67/h8-39H,1-7H3. The van der Waals surface area contributed by atoms with Crippen LogP contribution in [0.3, 0.4) is 0 Å². The molecule has 0 N–H and O–H groups in total. The number of benzene rings is 10. The molecule has 0 fully saturated rings. The normalized spacial score (nSPS) is 15.1. The number of hydrogen-bond acceptors (Lipinski definition) is 3.